The molecule has 0 aliphatic carbocycles. The molecule has 16 heavy (non-hydrogen) atoms. The molecule has 0 saturated heterocycles. The van der Waals surface area contributed by atoms with Gasteiger partial charge in [0.05, 0.1) is 4.92 Å². The number of allylic oxidation sites excluding steroid dienone is 1. The highest BCUT2D eigenvalue weighted by Gasteiger charge is 2.11. The summed E-state index contributed by atoms with van der Waals surface area (Å²) in [7, 11) is 0. The van der Waals surface area contributed by atoms with E-state index in [9.17, 15) is 14.9 Å². The number of rotatable bonds is 5. The number of nitro benzene ring substituents is 1. The molecule has 4 heteroatoms. The van der Waals surface area contributed by atoms with Crippen molar-refractivity contribution < 1.29 is 9.72 Å². The first-order chi connectivity index (χ1) is 7.54. The van der Waals surface area contributed by atoms with Crippen molar-refractivity contribution in [3.63, 3.8) is 0 Å². The van der Waals surface area contributed by atoms with Crippen LogP contribution in [0.25, 0.3) is 0 Å². The van der Waals surface area contributed by atoms with Crippen molar-refractivity contribution >= 4 is 11.5 Å². The summed E-state index contributed by atoms with van der Waals surface area (Å²) in [6, 6.07) is 6.19. The molecule has 1 rings (SSSR count). The molecule has 4 nitrogen and oxygen atoms in total. The van der Waals surface area contributed by atoms with Crippen LogP contribution in [0.1, 0.15) is 24.8 Å². The molecule has 0 amide bonds. The van der Waals surface area contributed by atoms with Gasteiger partial charge in [0.15, 0.2) is 0 Å². The Labute approximate surface area is 93.7 Å². The maximum atomic E-state index is 11.0. The molecular weight excluding hydrogens is 206 g/mol. The van der Waals surface area contributed by atoms with Crippen LogP contribution in [0.2, 0.25) is 0 Å². The number of Topliss-reactive ketones (excluding diaryl/α,β-unsaturated/α-hetero) is 1. The highest BCUT2D eigenvalue weighted by molar-refractivity contribution is 5.76. The predicted molar refractivity (Wildman–Crippen MR) is 61.3 cm³/mol. The standard InChI is InChI=1S/C12H13NO3/c1-3-10(8-9(2)14)11-4-6-12(7-5-11)13(15)16/h3-7,10H,1,8H2,2H3/t10-/m0/s1. The van der Waals surface area contributed by atoms with Crippen molar-refractivity contribution in [3.8, 4) is 0 Å². The Morgan fingerprint density at radius 3 is 2.44 bits per heavy atom. The van der Waals surface area contributed by atoms with Gasteiger partial charge in [0.2, 0.25) is 0 Å². The molecule has 0 aliphatic rings. The number of carbonyl (C=O) groups excluding carboxylic acids is 1. The number of nitro groups is 1. The molecule has 0 radical (unpaired) electrons. The zero-order valence-corrected chi connectivity index (χ0v) is 9.05. The lowest BCUT2D eigenvalue weighted by atomic mass is 9.94. The quantitative estimate of drug-likeness (QED) is 0.434. The lowest BCUT2D eigenvalue weighted by Crippen LogP contribution is -2.01. The minimum absolute atomic E-state index is 0.0504. The minimum Gasteiger partial charge on any atom is -0.300 e. The minimum atomic E-state index is -0.447. The highest BCUT2D eigenvalue weighted by atomic mass is 16.6. The van der Waals surface area contributed by atoms with Gasteiger partial charge in [-0.3, -0.25) is 14.9 Å². The first-order valence-electron chi connectivity index (χ1n) is 4.91. The number of non-ortho nitro benzene ring substituents is 1. The van der Waals surface area contributed by atoms with E-state index < -0.39 is 4.92 Å². The van der Waals surface area contributed by atoms with E-state index in [2.05, 4.69) is 6.58 Å². The Morgan fingerprint density at radius 1 is 1.50 bits per heavy atom. The summed E-state index contributed by atoms with van der Waals surface area (Å²) in [6.07, 6.45) is 2.06. The second-order valence-electron chi connectivity index (χ2n) is 3.60. The van der Waals surface area contributed by atoms with Crippen LogP contribution in [0, 0.1) is 10.1 Å². The molecule has 0 aromatic heterocycles. The zero-order valence-electron chi connectivity index (χ0n) is 9.05. The van der Waals surface area contributed by atoms with E-state index in [4.69, 9.17) is 0 Å². The van der Waals surface area contributed by atoms with Gasteiger partial charge in [0, 0.05) is 24.5 Å². The fourth-order valence-electron chi connectivity index (χ4n) is 1.49. The summed E-state index contributed by atoms with van der Waals surface area (Å²) in [5.41, 5.74) is 0.921. The van der Waals surface area contributed by atoms with Crippen LogP contribution < -0.4 is 0 Å². The molecule has 0 saturated carbocycles. The molecule has 1 atom stereocenters. The van der Waals surface area contributed by atoms with Gasteiger partial charge in [-0.2, -0.15) is 0 Å². The number of nitrogens with zero attached hydrogens (tertiary/aromatic N) is 1. The van der Waals surface area contributed by atoms with Crippen LogP contribution >= 0.6 is 0 Å². The Morgan fingerprint density at radius 2 is 2.06 bits per heavy atom. The van der Waals surface area contributed by atoms with Crippen molar-refractivity contribution in [3.05, 3.63) is 52.6 Å². The first-order valence-corrected chi connectivity index (χ1v) is 4.91. The lowest BCUT2D eigenvalue weighted by molar-refractivity contribution is -0.384. The van der Waals surface area contributed by atoms with Crippen molar-refractivity contribution in [2.24, 2.45) is 0 Å². The lowest BCUT2D eigenvalue weighted by Gasteiger charge is -2.10. The van der Waals surface area contributed by atoms with Crippen LogP contribution in [0.3, 0.4) is 0 Å². The van der Waals surface area contributed by atoms with Gasteiger partial charge in [-0.05, 0) is 12.5 Å². The van der Waals surface area contributed by atoms with Gasteiger partial charge >= 0.3 is 0 Å². The van der Waals surface area contributed by atoms with Gasteiger partial charge < -0.3 is 0 Å². The summed E-state index contributed by atoms with van der Waals surface area (Å²) in [6.45, 7) is 5.18. The number of ketones is 1. The Bertz CT molecular complexity index is 409. The van der Waals surface area contributed by atoms with Gasteiger partial charge in [-0.1, -0.05) is 18.2 Å². The van der Waals surface area contributed by atoms with E-state index in [1.165, 1.54) is 19.1 Å². The number of hydrogen-bond acceptors (Lipinski definition) is 3. The zero-order chi connectivity index (χ0) is 12.1. The van der Waals surface area contributed by atoms with Crippen molar-refractivity contribution in [1.82, 2.24) is 0 Å². The summed E-state index contributed by atoms with van der Waals surface area (Å²) in [5, 5.41) is 10.5. The molecule has 1 aromatic rings. The number of benzene rings is 1. The van der Waals surface area contributed by atoms with E-state index in [1.807, 2.05) is 0 Å². The average molecular weight is 219 g/mol. The Kier molecular flexibility index (Phi) is 3.94. The molecule has 1 aromatic carbocycles. The fraction of sp³-hybridized carbons (Fsp3) is 0.250. The van der Waals surface area contributed by atoms with Crippen LogP contribution in [-0.4, -0.2) is 10.7 Å². The number of carbonyl (C=O) groups is 1. The Balaban J connectivity index is 2.90. The van der Waals surface area contributed by atoms with Gasteiger partial charge in [-0.15, -0.1) is 6.58 Å². The average Bonchev–Trinajstić information content (AvgIpc) is 2.25. The van der Waals surface area contributed by atoms with E-state index >= 15 is 0 Å². The smallest absolute Gasteiger partial charge is 0.269 e. The second-order valence-corrected chi connectivity index (χ2v) is 3.60. The monoisotopic (exact) mass is 219 g/mol. The molecule has 0 heterocycles. The first kappa shape index (κ1) is 12.1. The largest absolute Gasteiger partial charge is 0.300 e. The molecule has 0 fully saturated rings. The van der Waals surface area contributed by atoms with Crippen LogP contribution in [-0.2, 0) is 4.79 Å². The third-order valence-electron chi connectivity index (χ3n) is 2.32. The van der Waals surface area contributed by atoms with Crippen molar-refractivity contribution in [2.45, 2.75) is 19.3 Å². The summed E-state index contributed by atoms with van der Waals surface area (Å²) in [5.74, 6) is 0.00144. The number of hydrogen-bond donors (Lipinski definition) is 0. The van der Waals surface area contributed by atoms with Gasteiger partial charge in [-0.25, -0.2) is 0 Å². The van der Waals surface area contributed by atoms with E-state index in [-0.39, 0.29) is 17.4 Å². The molecule has 0 spiro atoms. The molecule has 0 N–H and O–H groups in total. The van der Waals surface area contributed by atoms with Gasteiger partial charge in [0.1, 0.15) is 5.78 Å². The molecule has 0 bridgehead atoms. The maximum Gasteiger partial charge on any atom is 0.269 e. The topological polar surface area (TPSA) is 60.2 Å². The van der Waals surface area contributed by atoms with E-state index in [1.54, 1.807) is 18.2 Å². The van der Waals surface area contributed by atoms with E-state index in [0.29, 0.717) is 6.42 Å². The summed E-state index contributed by atoms with van der Waals surface area (Å²) < 4.78 is 0. The van der Waals surface area contributed by atoms with Crippen LogP contribution in [0.15, 0.2) is 36.9 Å². The van der Waals surface area contributed by atoms with Crippen molar-refractivity contribution in [2.75, 3.05) is 0 Å². The maximum absolute atomic E-state index is 11.0. The molecular formula is C12H13NO3. The van der Waals surface area contributed by atoms with Gasteiger partial charge in [0.25, 0.3) is 5.69 Å². The van der Waals surface area contributed by atoms with E-state index in [0.717, 1.165) is 5.56 Å². The van der Waals surface area contributed by atoms with Crippen LogP contribution in [0.4, 0.5) is 5.69 Å². The molecule has 84 valence electrons. The summed E-state index contributed by atoms with van der Waals surface area (Å²) in [4.78, 5) is 21.0. The molecule has 0 aliphatic heterocycles. The van der Waals surface area contributed by atoms with Crippen LogP contribution in [0.5, 0.6) is 0 Å². The highest BCUT2D eigenvalue weighted by Crippen LogP contribution is 2.23. The SMILES string of the molecule is C=C[C@@H](CC(C)=O)c1ccc([N+](=O)[O-])cc1. The third-order valence-corrected chi connectivity index (χ3v) is 2.32. The normalized spacial score (nSPS) is 11.8. The Hall–Kier alpha value is -1.97. The van der Waals surface area contributed by atoms with Crippen molar-refractivity contribution in [1.29, 1.82) is 0 Å². The second kappa shape index (κ2) is 5.21. The third kappa shape index (κ3) is 3.02. The fourth-order valence-corrected chi connectivity index (χ4v) is 1.49. The summed E-state index contributed by atoms with van der Waals surface area (Å²) >= 11 is 0. The predicted octanol–water partition coefficient (Wildman–Crippen LogP) is 2.84. The molecule has 0 unspecified atom stereocenters.